The lowest BCUT2D eigenvalue weighted by Gasteiger charge is -2.47. The largest absolute Gasteiger partial charge is 0.507 e. The monoisotopic (exact) mass is 477 g/mol. The zero-order chi connectivity index (χ0) is 23.8. The van der Waals surface area contributed by atoms with Crippen LogP contribution in [0.3, 0.4) is 0 Å². The highest BCUT2D eigenvalue weighted by molar-refractivity contribution is 5.81. The Hall–Kier alpha value is -2.91. The van der Waals surface area contributed by atoms with Crippen LogP contribution in [0, 0.1) is 5.92 Å². The molecular formula is C26H35N7O2. The molecular weight excluding hydrogens is 442 g/mol. The molecule has 9 heteroatoms. The molecule has 35 heavy (non-hydrogen) atoms. The van der Waals surface area contributed by atoms with Crippen LogP contribution in [0.25, 0.3) is 11.3 Å². The molecule has 6 rings (SSSR count). The third kappa shape index (κ3) is 4.43. The second kappa shape index (κ2) is 9.62. The Morgan fingerprint density at radius 1 is 1.00 bits per heavy atom. The van der Waals surface area contributed by atoms with Crippen LogP contribution in [0.5, 0.6) is 5.75 Å². The number of nitrogens with one attached hydrogen (secondary N) is 2. The number of anilines is 2. The van der Waals surface area contributed by atoms with Crippen LogP contribution in [0.4, 0.5) is 11.5 Å². The van der Waals surface area contributed by atoms with Gasteiger partial charge >= 0.3 is 0 Å². The van der Waals surface area contributed by atoms with E-state index in [1.54, 1.807) is 12.1 Å². The molecule has 0 unspecified atom stereocenters. The first-order chi connectivity index (χ1) is 17.2. The highest BCUT2D eigenvalue weighted by Crippen LogP contribution is 2.36. The number of nitrogens with zero attached hydrogens (tertiary/aromatic N) is 5. The predicted molar refractivity (Wildman–Crippen MR) is 136 cm³/mol. The Morgan fingerprint density at radius 2 is 1.86 bits per heavy atom. The number of aromatic nitrogens is 2. The van der Waals surface area contributed by atoms with Crippen molar-refractivity contribution < 1.29 is 9.90 Å². The number of carbonyl (C=O) groups excluding carboxylic acids is 1. The van der Waals surface area contributed by atoms with Crippen LogP contribution < -0.4 is 15.5 Å². The number of hydrogen-bond acceptors (Lipinski definition) is 8. The molecule has 3 saturated heterocycles. The molecule has 9 nitrogen and oxygen atoms in total. The lowest BCUT2D eigenvalue weighted by atomic mass is 9.92. The molecule has 2 atom stereocenters. The Bertz CT molecular complexity index is 1070. The van der Waals surface area contributed by atoms with E-state index in [0.29, 0.717) is 23.2 Å². The summed E-state index contributed by atoms with van der Waals surface area (Å²) < 4.78 is 0. The Balaban J connectivity index is 1.14. The second-order valence-corrected chi connectivity index (χ2v) is 10.3. The van der Waals surface area contributed by atoms with Crippen LogP contribution in [0.15, 0.2) is 30.3 Å². The fourth-order valence-electron chi connectivity index (χ4n) is 6.28. The van der Waals surface area contributed by atoms with E-state index >= 15 is 0 Å². The first kappa shape index (κ1) is 22.5. The number of benzene rings is 1. The lowest BCUT2D eigenvalue weighted by Crippen LogP contribution is -2.60. The van der Waals surface area contributed by atoms with Crippen LogP contribution in [0.1, 0.15) is 25.7 Å². The zero-order valence-electron chi connectivity index (χ0n) is 20.2. The fraction of sp³-hybridized carbons (Fsp3) is 0.577. The van der Waals surface area contributed by atoms with Gasteiger partial charge in [-0.05, 0) is 63.5 Å². The number of carbonyl (C=O) groups is 1. The van der Waals surface area contributed by atoms with Crippen molar-refractivity contribution in [3.63, 3.8) is 0 Å². The van der Waals surface area contributed by atoms with E-state index in [4.69, 9.17) is 0 Å². The van der Waals surface area contributed by atoms with Gasteiger partial charge < -0.3 is 25.5 Å². The van der Waals surface area contributed by atoms with E-state index < -0.39 is 0 Å². The number of rotatable bonds is 3. The van der Waals surface area contributed by atoms with Gasteiger partial charge in [0.15, 0.2) is 5.82 Å². The maximum Gasteiger partial charge on any atom is 0.227 e. The van der Waals surface area contributed by atoms with Gasteiger partial charge in [0.1, 0.15) is 5.75 Å². The van der Waals surface area contributed by atoms with Gasteiger partial charge in [0.2, 0.25) is 5.91 Å². The molecule has 0 radical (unpaired) electrons. The van der Waals surface area contributed by atoms with Crippen molar-refractivity contribution in [2.45, 2.75) is 37.8 Å². The molecule has 1 aromatic carbocycles. The number of phenols is 1. The van der Waals surface area contributed by atoms with Gasteiger partial charge in [-0.2, -0.15) is 0 Å². The van der Waals surface area contributed by atoms with Crippen molar-refractivity contribution in [1.29, 1.82) is 0 Å². The van der Waals surface area contributed by atoms with Crippen LogP contribution in [-0.2, 0) is 4.79 Å². The summed E-state index contributed by atoms with van der Waals surface area (Å²) >= 11 is 0. The number of aromatic hydroxyl groups is 1. The smallest absolute Gasteiger partial charge is 0.227 e. The van der Waals surface area contributed by atoms with Crippen molar-refractivity contribution in [2.24, 2.45) is 5.92 Å². The predicted octanol–water partition coefficient (Wildman–Crippen LogP) is 1.76. The molecule has 0 bridgehead atoms. The number of amides is 1. The van der Waals surface area contributed by atoms with Crippen molar-refractivity contribution in [3.8, 4) is 17.0 Å². The zero-order valence-corrected chi connectivity index (χ0v) is 20.2. The van der Waals surface area contributed by atoms with Gasteiger partial charge in [0.05, 0.1) is 23.3 Å². The normalized spacial score (nSPS) is 25.5. The molecule has 5 heterocycles. The summed E-state index contributed by atoms with van der Waals surface area (Å²) in [4.78, 5) is 20.6. The molecule has 1 amide bonds. The van der Waals surface area contributed by atoms with Gasteiger partial charge in [-0.3, -0.25) is 9.69 Å². The number of phenolic OH excluding ortho intramolecular Hbond substituents is 1. The highest BCUT2D eigenvalue weighted by atomic mass is 16.3. The summed E-state index contributed by atoms with van der Waals surface area (Å²) in [7, 11) is 0. The Morgan fingerprint density at radius 3 is 2.71 bits per heavy atom. The van der Waals surface area contributed by atoms with Gasteiger partial charge in [-0.1, -0.05) is 12.1 Å². The van der Waals surface area contributed by atoms with Gasteiger partial charge in [0, 0.05) is 44.3 Å². The van der Waals surface area contributed by atoms with Crippen LogP contribution in [-0.4, -0.2) is 95.5 Å². The number of fused-ring (bicyclic) bond motifs is 3. The third-order valence-electron chi connectivity index (χ3n) is 8.19. The molecule has 2 aromatic rings. The number of piperidine rings is 2. The minimum atomic E-state index is 0.118. The Kier molecular flexibility index (Phi) is 6.20. The molecule has 1 aromatic heterocycles. The topological polar surface area (TPSA) is 96.9 Å². The molecule has 0 aliphatic carbocycles. The summed E-state index contributed by atoms with van der Waals surface area (Å²) in [5, 5.41) is 25.9. The van der Waals surface area contributed by atoms with Crippen molar-refractivity contribution in [3.05, 3.63) is 30.3 Å². The van der Waals surface area contributed by atoms with Crippen LogP contribution >= 0.6 is 0 Å². The molecule has 186 valence electrons. The quantitative estimate of drug-likeness (QED) is 0.616. The van der Waals surface area contributed by atoms with Crippen molar-refractivity contribution in [2.75, 3.05) is 62.6 Å². The average molecular weight is 478 g/mol. The van der Waals surface area contributed by atoms with Gasteiger partial charge in [-0.25, -0.2) is 0 Å². The second-order valence-electron chi connectivity index (χ2n) is 10.3. The molecule has 4 aliphatic heterocycles. The number of para-hydroxylation sites is 1. The lowest BCUT2D eigenvalue weighted by molar-refractivity contribution is -0.138. The van der Waals surface area contributed by atoms with E-state index in [1.807, 2.05) is 18.2 Å². The van der Waals surface area contributed by atoms with Crippen molar-refractivity contribution >= 4 is 17.4 Å². The van der Waals surface area contributed by atoms with Crippen LogP contribution in [0.2, 0.25) is 0 Å². The van der Waals surface area contributed by atoms with E-state index in [9.17, 15) is 9.90 Å². The number of piperazine rings is 1. The van der Waals surface area contributed by atoms with E-state index in [2.05, 4.69) is 35.5 Å². The SMILES string of the molecule is O=C([C@@H]1CCCN(C2CCNCC2)C1)N1CCN2c3cc(-c4ccccc4O)nnc3NC[C@H]2C1. The van der Waals surface area contributed by atoms with Crippen molar-refractivity contribution in [1.82, 2.24) is 25.3 Å². The molecule has 3 fully saturated rings. The standard InChI is InChI=1S/C26H35N7O2/c34-24-6-2-1-5-21(24)22-14-23-25(30-29-22)28-15-20-17-32(12-13-33(20)23)26(35)18-4-3-11-31(16-18)19-7-9-27-10-8-19/h1-2,5-6,14,18-20,27,34H,3-4,7-13,15-17H2,(H,28,30)/t18-,20+/m1/s1. The number of hydrogen-bond donors (Lipinski definition) is 3. The maximum atomic E-state index is 13.6. The molecule has 3 N–H and O–H groups in total. The summed E-state index contributed by atoms with van der Waals surface area (Å²) in [5.74, 6) is 1.41. The highest BCUT2D eigenvalue weighted by Gasteiger charge is 2.38. The summed E-state index contributed by atoms with van der Waals surface area (Å²) in [6.07, 6.45) is 4.51. The van der Waals surface area contributed by atoms with Gasteiger partial charge in [0.25, 0.3) is 0 Å². The first-order valence-corrected chi connectivity index (χ1v) is 13.1. The first-order valence-electron chi connectivity index (χ1n) is 13.1. The minimum absolute atomic E-state index is 0.118. The summed E-state index contributed by atoms with van der Waals surface area (Å²) in [6, 6.07) is 10.0. The Labute approximate surface area is 206 Å². The third-order valence-corrected chi connectivity index (χ3v) is 8.19. The van der Waals surface area contributed by atoms with Gasteiger partial charge in [-0.15, -0.1) is 10.2 Å². The maximum absolute atomic E-state index is 13.6. The van der Waals surface area contributed by atoms with E-state index in [-0.39, 0.29) is 17.7 Å². The van der Waals surface area contributed by atoms with E-state index in [1.165, 1.54) is 12.8 Å². The molecule has 0 saturated carbocycles. The molecule has 4 aliphatic rings. The average Bonchev–Trinajstić information content (AvgIpc) is 2.93. The summed E-state index contributed by atoms with van der Waals surface area (Å²) in [6.45, 7) is 7.20. The summed E-state index contributed by atoms with van der Waals surface area (Å²) in [5.41, 5.74) is 2.33. The molecule has 0 spiro atoms. The fourth-order valence-corrected chi connectivity index (χ4v) is 6.28. The number of likely N-dealkylation sites (tertiary alicyclic amines) is 1. The van der Waals surface area contributed by atoms with E-state index in [0.717, 1.165) is 76.7 Å². The minimum Gasteiger partial charge on any atom is -0.507 e.